The van der Waals surface area contributed by atoms with Crippen molar-refractivity contribution in [2.45, 2.75) is 25.7 Å². The third kappa shape index (κ3) is 6.26. The highest BCUT2D eigenvalue weighted by Crippen LogP contribution is 2.24. The second-order valence-corrected chi connectivity index (χ2v) is 9.75. The molecule has 0 saturated heterocycles. The van der Waals surface area contributed by atoms with Gasteiger partial charge < -0.3 is 15.2 Å². The van der Waals surface area contributed by atoms with Crippen molar-refractivity contribution in [1.29, 1.82) is 0 Å². The molecular weight excluding hydrogens is 468 g/mol. The van der Waals surface area contributed by atoms with Crippen molar-refractivity contribution in [3.8, 4) is 16.9 Å². The average Bonchev–Trinajstić information content (AvgIpc) is 2.85. The van der Waals surface area contributed by atoms with Gasteiger partial charge in [-0.25, -0.2) is 13.2 Å². The molecule has 0 aliphatic carbocycles. The van der Waals surface area contributed by atoms with E-state index in [1.54, 1.807) is 75.4 Å². The Labute approximate surface area is 205 Å². The van der Waals surface area contributed by atoms with Gasteiger partial charge >= 0.3 is 5.97 Å². The summed E-state index contributed by atoms with van der Waals surface area (Å²) in [6.45, 7) is 5.40. The Hall–Kier alpha value is -3.69. The molecule has 184 valence electrons. The van der Waals surface area contributed by atoms with Crippen LogP contribution in [0.4, 0.5) is 5.69 Å². The van der Waals surface area contributed by atoms with Crippen LogP contribution in [0.15, 0.2) is 71.6 Å². The van der Waals surface area contributed by atoms with Crippen LogP contribution in [0.25, 0.3) is 11.1 Å². The zero-order valence-electron chi connectivity index (χ0n) is 19.8. The van der Waals surface area contributed by atoms with Crippen LogP contribution in [-0.4, -0.2) is 49.4 Å². The maximum absolute atomic E-state index is 12.8. The van der Waals surface area contributed by atoms with Gasteiger partial charge in [-0.05, 0) is 60.0 Å². The number of nitrogens with one attached hydrogen (secondary N) is 1. The summed E-state index contributed by atoms with van der Waals surface area (Å²) < 4.78 is 32.0. The topological polar surface area (TPSA) is 113 Å². The molecule has 0 unspecified atom stereocenters. The number of nitrogens with zero attached hydrogens (tertiary/aromatic N) is 1. The second kappa shape index (κ2) is 11.2. The molecule has 0 fully saturated rings. The van der Waals surface area contributed by atoms with Gasteiger partial charge in [-0.3, -0.25) is 4.79 Å². The predicted octanol–water partition coefficient (Wildman–Crippen LogP) is 4.19. The number of carbonyl (C=O) groups is 2. The van der Waals surface area contributed by atoms with Crippen molar-refractivity contribution in [1.82, 2.24) is 4.31 Å². The molecule has 0 aliphatic heterocycles. The Morgan fingerprint density at radius 2 is 1.49 bits per heavy atom. The van der Waals surface area contributed by atoms with Gasteiger partial charge in [-0.2, -0.15) is 4.31 Å². The van der Waals surface area contributed by atoms with Gasteiger partial charge in [0, 0.05) is 18.8 Å². The number of aromatic hydroxyl groups is 1. The molecule has 0 saturated carbocycles. The number of hydrogen-bond donors (Lipinski definition) is 2. The molecule has 0 aliphatic rings. The number of carbonyl (C=O) groups excluding carboxylic acids is 2. The lowest BCUT2D eigenvalue weighted by atomic mass is 10.0. The number of phenolic OH excluding ortho intramolecular Hbond substituents is 1. The van der Waals surface area contributed by atoms with Gasteiger partial charge in [-0.1, -0.05) is 44.2 Å². The standard InChI is InChI=1S/C26H28N2O6S/c1-4-28(5-2)35(32,33)23-15-6-18(3)24(16-23)27-25(30)17-34-26(31)21-9-7-19(8-10-21)20-11-13-22(29)14-12-20/h6-16,29H,4-5,17H2,1-3H3,(H,27,30). The predicted molar refractivity (Wildman–Crippen MR) is 134 cm³/mol. The number of phenols is 1. The summed E-state index contributed by atoms with van der Waals surface area (Å²) >= 11 is 0. The van der Waals surface area contributed by atoms with Crippen LogP contribution >= 0.6 is 0 Å². The molecule has 1 amide bonds. The summed E-state index contributed by atoms with van der Waals surface area (Å²) in [7, 11) is -3.68. The van der Waals surface area contributed by atoms with Crippen molar-refractivity contribution in [2.75, 3.05) is 25.0 Å². The number of anilines is 1. The zero-order chi connectivity index (χ0) is 25.6. The van der Waals surface area contributed by atoms with E-state index in [1.165, 1.54) is 16.4 Å². The van der Waals surface area contributed by atoms with Crippen LogP contribution in [0, 0.1) is 6.92 Å². The Bertz CT molecular complexity index is 1300. The zero-order valence-corrected chi connectivity index (χ0v) is 20.6. The number of esters is 1. The smallest absolute Gasteiger partial charge is 0.338 e. The second-order valence-electron chi connectivity index (χ2n) is 7.81. The summed E-state index contributed by atoms with van der Waals surface area (Å²) in [4.78, 5) is 24.8. The summed E-state index contributed by atoms with van der Waals surface area (Å²) in [5.74, 6) is -1.08. The largest absolute Gasteiger partial charge is 0.508 e. The lowest BCUT2D eigenvalue weighted by Gasteiger charge is -2.19. The summed E-state index contributed by atoms with van der Waals surface area (Å²) in [5, 5.41) is 12.0. The quantitative estimate of drug-likeness (QED) is 0.430. The number of benzene rings is 3. The fraction of sp³-hybridized carbons (Fsp3) is 0.231. The Kier molecular flexibility index (Phi) is 8.26. The van der Waals surface area contributed by atoms with Crippen molar-refractivity contribution < 1.29 is 27.9 Å². The fourth-order valence-electron chi connectivity index (χ4n) is 3.46. The average molecular weight is 497 g/mol. The molecule has 0 radical (unpaired) electrons. The molecule has 9 heteroatoms. The first-order valence-electron chi connectivity index (χ1n) is 11.1. The van der Waals surface area contributed by atoms with Crippen LogP contribution in [0.5, 0.6) is 5.75 Å². The molecule has 0 aromatic heterocycles. The van der Waals surface area contributed by atoms with Gasteiger partial charge in [0.15, 0.2) is 6.61 Å². The molecule has 2 N–H and O–H groups in total. The first-order chi connectivity index (χ1) is 16.6. The van der Waals surface area contributed by atoms with E-state index in [2.05, 4.69) is 5.32 Å². The monoisotopic (exact) mass is 496 g/mol. The molecule has 0 atom stereocenters. The molecule has 0 heterocycles. The van der Waals surface area contributed by atoms with Gasteiger partial charge in [0.1, 0.15) is 5.75 Å². The van der Waals surface area contributed by atoms with Gasteiger partial charge in [0.05, 0.1) is 10.5 Å². The maximum Gasteiger partial charge on any atom is 0.338 e. The van der Waals surface area contributed by atoms with Crippen molar-refractivity contribution in [3.05, 3.63) is 77.9 Å². The van der Waals surface area contributed by atoms with Gasteiger partial charge in [0.25, 0.3) is 5.91 Å². The highest BCUT2D eigenvalue weighted by atomic mass is 32.2. The number of rotatable bonds is 9. The minimum atomic E-state index is -3.68. The maximum atomic E-state index is 12.8. The molecule has 0 bridgehead atoms. The van der Waals surface area contributed by atoms with Crippen molar-refractivity contribution in [2.24, 2.45) is 0 Å². The Balaban J connectivity index is 1.63. The Morgan fingerprint density at radius 3 is 2.06 bits per heavy atom. The third-order valence-electron chi connectivity index (χ3n) is 5.48. The van der Waals surface area contributed by atoms with E-state index in [-0.39, 0.29) is 16.2 Å². The number of aryl methyl sites for hydroxylation is 1. The lowest BCUT2D eigenvalue weighted by molar-refractivity contribution is -0.119. The number of hydrogen-bond acceptors (Lipinski definition) is 6. The summed E-state index contributed by atoms with van der Waals surface area (Å²) in [5.41, 5.74) is 3.02. The number of ether oxygens (including phenoxy) is 1. The first-order valence-corrected chi connectivity index (χ1v) is 12.6. The molecule has 8 nitrogen and oxygen atoms in total. The van der Waals surface area contributed by atoms with Crippen LogP contribution in [0.1, 0.15) is 29.8 Å². The van der Waals surface area contributed by atoms with Gasteiger partial charge in [-0.15, -0.1) is 0 Å². The van der Waals surface area contributed by atoms with E-state index in [9.17, 15) is 23.1 Å². The molecule has 3 aromatic carbocycles. The van der Waals surface area contributed by atoms with Crippen LogP contribution in [0.2, 0.25) is 0 Å². The highest BCUT2D eigenvalue weighted by molar-refractivity contribution is 7.89. The molecule has 3 aromatic rings. The van der Waals surface area contributed by atoms with E-state index < -0.39 is 28.5 Å². The fourth-order valence-corrected chi connectivity index (χ4v) is 4.95. The summed E-state index contributed by atoms with van der Waals surface area (Å²) in [6.07, 6.45) is 0. The van der Waals surface area contributed by atoms with E-state index >= 15 is 0 Å². The van der Waals surface area contributed by atoms with Crippen molar-refractivity contribution >= 4 is 27.6 Å². The van der Waals surface area contributed by atoms with Crippen LogP contribution in [-0.2, 0) is 19.6 Å². The van der Waals surface area contributed by atoms with Crippen LogP contribution in [0.3, 0.4) is 0 Å². The number of amides is 1. The minimum Gasteiger partial charge on any atom is -0.508 e. The molecule has 0 spiro atoms. The normalized spacial score (nSPS) is 11.3. The van der Waals surface area contributed by atoms with Gasteiger partial charge in [0.2, 0.25) is 10.0 Å². The van der Waals surface area contributed by atoms with Crippen molar-refractivity contribution in [3.63, 3.8) is 0 Å². The highest BCUT2D eigenvalue weighted by Gasteiger charge is 2.22. The molecule has 3 rings (SSSR count). The molecule has 35 heavy (non-hydrogen) atoms. The Morgan fingerprint density at radius 1 is 0.914 bits per heavy atom. The van der Waals surface area contributed by atoms with E-state index in [4.69, 9.17) is 4.74 Å². The summed E-state index contributed by atoms with van der Waals surface area (Å²) in [6, 6.07) is 17.9. The van der Waals surface area contributed by atoms with Crippen LogP contribution < -0.4 is 5.32 Å². The SMILES string of the molecule is CCN(CC)S(=O)(=O)c1ccc(C)c(NC(=O)COC(=O)c2ccc(-c3ccc(O)cc3)cc2)c1. The first kappa shape index (κ1) is 25.9. The lowest BCUT2D eigenvalue weighted by Crippen LogP contribution is -2.30. The molecular formula is C26H28N2O6S. The van der Waals surface area contributed by atoms with E-state index in [1.807, 2.05) is 0 Å². The third-order valence-corrected chi connectivity index (χ3v) is 7.53. The minimum absolute atomic E-state index is 0.0767. The number of sulfonamides is 1. The van der Waals surface area contributed by atoms with E-state index in [0.29, 0.717) is 24.3 Å². The van der Waals surface area contributed by atoms with E-state index in [0.717, 1.165) is 11.1 Å².